The summed E-state index contributed by atoms with van der Waals surface area (Å²) < 4.78 is 7.43. The second-order valence-electron chi connectivity index (χ2n) is 5.23. The molecule has 0 saturated carbocycles. The predicted molar refractivity (Wildman–Crippen MR) is 90.9 cm³/mol. The highest BCUT2D eigenvalue weighted by Crippen LogP contribution is 2.24. The van der Waals surface area contributed by atoms with Gasteiger partial charge in [-0.1, -0.05) is 26.0 Å². The van der Waals surface area contributed by atoms with Crippen molar-refractivity contribution < 1.29 is 9.53 Å². The molecule has 124 valence electrons. The van der Waals surface area contributed by atoms with Crippen molar-refractivity contribution in [2.24, 2.45) is 7.05 Å². The van der Waals surface area contributed by atoms with Gasteiger partial charge >= 0.3 is 0 Å². The number of carbonyl (C=O) groups is 1. The summed E-state index contributed by atoms with van der Waals surface area (Å²) in [5.74, 6) is 0.481. The molecule has 0 bridgehead atoms. The Morgan fingerprint density at radius 3 is 2.70 bits per heavy atom. The fourth-order valence-corrected chi connectivity index (χ4v) is 2.25. The van der Waals surface area contributed by atoms with Crippen molar-refractivity contribution >= 4 is 11.6 Å². The van der Waals surface area contributed by atoms with Crippen LogP contribution in [0.1, 0.15) is 24.2 Å². The lowest BCUT2D eigenvalue weighted by Crippen LogP contribution is -2.28. The third-order valence-electron chi connectivity index (χ3n) is 3.66. The zero-order valence-electron chi connectivity index (χ0n) is 14.0. The van der Waals surface area contributed by atoms with Crippen LogP contribution >= 0.6 is 0 Å². The molecule has 0 atom stereocenters. The number of carbonyl (C=O) groups excluding carboxylic acids is 1. The van der Waals surface area contributed by atoms with E-state index < -0.39 is 0 Å². The van der Waals surface area contributed by atoms with Gasteiger partial charge in [0.05, 0.1) is 17.4 Å². The van der Waals surface area contributed by atoms with Gasteiger partial charge in [-0.15, -0.1) is 0 Å². The van der Waals surface area contributed by atoms with E-state index in [4.69, 9.17) is 4.74 Å². The molecular weight excluding hydrogens is 292 g/mol. The molecule has 2 rings (SSSR count). The predicted octanol–water partition coefficient (Wildman–Crippen LogP) is 2.39. The summed E-state index contributed by atoms with van der Waals surface area (Å²) >= 11 is 0. The van der Waals surface area contributed by atoms with Crippen molar-refractivity contribution in [3.8, 4) is 5.75 Å². The summed E-state index contributed by atoms with van der Waals surface area (Å²) in [5.41, 5.74) is 1.19. The number of anilines is 1. The third kappa shape index (κ3) is 4.82. The lowest BCUT2D eigenvalue weighted by atomic mass is 10.2. The van der Waals surface area contributed by atoms with E-state index in [1.165, 1.54) is 0 Å². The molecule has 1 amide bonds. The molecule has 1 aromatic carbocycles. The molecule has 23 heavy (non-hydrogen) atoms. The van der Waals surface area contributed by atoms with Gasteiger partial charge in [0.1, 0.15) is 12.4 Å². The SMILES string of the molecule is CCN(CC)CCOc1ccccc1NC(=O)c1cnn(C)c1. The maximum Gasteiger partial charge on any atom is 0.258 e. The molecule has 1 N–H and O–H groups in total. The molecule has 1 aromatic heterocycles. The van der Waals surface area contributed by atoms with Crippen LogP contribution in [-0.4, -0.2) is 46.8 Å². The zero-order valence-corrected chi connectivity index (χ0v) is 14.0. The molecule has 0 aliphatic heterocycles. The Morgan fingerprint density at radius 1 is 1.30 bits per heavy atom. The molecule has 0 aliphatic carbocycles. The first-order valence-electron chi connectivity index (χ1n) is 7.88. The van der Waals surface area contributed by atoms with Crippen molar-refractivity contribution in [1.82, 2.24) is 14.7 Å². The molecule has 6 nitrogen and oxygen atoms in total. The molecule has 6 heteroatoms. The Kier molecular flexibility index (Phi) is 6.17. The van der Waals surface area contributed by atoms with E-state index in [-0.39, 0.29) is 5.91 Å². The number of nitrogens with one attached hydrogen (secondary N) is 1. The monoisotopic (exact) mass is 316 g/mol. The molecule has 0 aliphatic rings. The van der Waals surface area contributed by atoms with Crippen LogP contribution in [0.25, 0.3) is 0 Å². The van der Waals surface area contributed by atoms with Crippen LogP contribution in [0.3, 0.4) is 0 Å². The van der Waals surface area contributed by atoms with Gasteiger partial charge < -0.3 is 15.0 Å². The number of para-hydroxylation sites is 2. The second kappa shape index (κ2) is 8.33. The topological polar surface area (TPSA) is 59.4 Å². The fourth-order valence-electron chi connectivity index (χ4n) is 2.25. The Bertz CT molecular complexity index is 635. The second-order valence-corrected chi connectivity index (χ2v) is 5.23. The van der Waals surface area contributed by atoms with Gasteiger partial charge in [-0.3, -0.25) is 9.48 Å². The van der Waals surface area contributed by atoms with Crippen LogP contribution in [0.5, 0.6) is 5.75 Å². The van der Waals surface area contributed by atoms with Crippen LogP contribution in [0.2, 0.25) is 0 Å². The molecule has 0 unspecified atom stereocenters. The Balaban J connectivity index is 1.98. The van der Waals surface area contributed by atoms with E-state index in [9.17, 15) is 4.79 Å². The largest absolute Gasteiger partial charge is 0.490 e. The highest BCUT2D eigenvalue weighted by molar-refractivity contribution is 6.04. The first-order valence-corrected chi connectivity index (χ1v) is 7.88. The van der Waals surface area contributed by atoms with E-state index in [2.05, 4.69) is 29.2 Å². The van der Waals surface area contributed by atoms with E-state index in [1.807, 2.05) is 24.3 Å². The molecule has 0 spiro atoms. The summed E-state index contributed by atoms with van der Waals surface area (Å²) in [6.45, 7) is 7.70. The molecule has 0 radical (unpaired) electrons. The maximum atomic E-state index is 12.2. The van der Waals surface area contributed by atoms with E-state index in [0.717, 1.165) is 19.6 Å². The van der Waals surface area contributed by atoms with Crippen LogP contribution in [0.4, 0.5) is 5.69 Å². The number of hydrogen-bond acceptors (Lipinski definition) is 4. The van der Waals surface area contributed by atoms with E-state index in [1.54, 1.807) is 24.1 Å². The zero-order chi connectivity index (χ0) is 16.7. The minimum Gasteiger partial charge on any atom is -0.490 e. The van der Waals surface area contributed by atoms with Crippen LogP contribution in [-0.2, 0) is 7.05 Å². The summed E-state index contributed by atoms with van der Waals surface area (Å²) in [6, 6.07) is 7.46. The van der Waals surface area contributed by atoms with Crippen molar-refractivity contribution in [3.05, 3.63) is 42.2 Å². The van der Waals surface area contributed by atoms with Crippen LogP contribution < -0.4 is 10.1 Å². The van der Waals surface area contributed by atoms with Crippen LogP contribution in [0.15, 0.2) is 36.7 Å². The van der Waals surface area contributed by atoms with Gasteiger partial charge in [-0.25, -0.2) is 0 Å². The number of aryl methyl sites for hydroxylation is 1. The average Bonchev–Trinajstić information content (AvgIpc) is 3.00. The minimum absolute atomic E-state index is 0.196. The van der Waals surface area contributed by atoms with Crippen molar-refractivity contribution in [2.75, 3.05) is 31.6 Å². The Labute approximate surface area is 137 Å². The number of amides is 1. The Morgan fingerprint density at radius 2 is 2.04 bits per heavy atom. The summed E-state index contributed by atoms with van der Waals surface area (Å²) in [6.07, 6.45) is 3.22. The standard InChI is InChI=1S/C17H24N4O2/c1-4-21(5-2)10-11-23-16-9-7-6-8-15(16)19-17(22)14-12-18-20(3)13-14/h6-9,12-13H,4-5,10-11H2,1-3H3,(H,19,22). The van der Waals surface area contributed by atoms with E-state index >= 15 is 0 Å². The van der Waals surface area contributed by atoms with Gasteiger partial charge in [0.25, 0.3) is 5.91 Å². The lowest BCUT2D eigenvalue weighted by Gasteiger charge is -2.19. The molecule has 0 fully saturated rings. The van der Waals surface area contributed by atoms with Crippen LogP contribution in [0, 0.1) is 0 Å². The lowest BCUT2D eigenvalue weighted by molar-refractivity contribution is 0.102. The van der Waals surface area contributed by atoms with Gasteiger partial charge in [-0.05, 0) is 25.2 Å². The van der Waals surface area contributed by atoms with Gasteiger partial charge in [-0.2, -0.15) is 5.10 Å². The van der Waals surface area contributed by atoms with Gasteiger partial charge in [0.2, 0.25) is 0 Å². The smallest absolute Gasteiger partial charge is 0.258 e. The Hall–Kier alpha value is -2.34. The molecule has 0 saturated heterocycles. The third-order valence-corrected chi connectivity index (χ3v) is 3.66. The fraction of sp³-hybridized carbons (Fsp3) is 0.412. The molecule has 2 aromatic rings. The first kappa shape index (κ1) is 17.0. The van der Waals surface area contributed by atoms with Gasteiger partial charge in [0, 0.05) is 19.8 Å². The summed E-state index contributed by atoms with van der Waals surface area (Å²) in [5, 5.41) is 6.88. The normalized spacial score (nSPS) is 10.8. The molecular formula is C17H24N4O2. The first-order chi connectivity index (χ1) is 11.1. The number of nitrogens with zero attached hydrogens (tertiary/aromatic N) is 3. The summed E-state index contributed by atoms with van der Waals surface area (Å²) in [4.78, 5) is 14.5. The number of hydrogen-bond donors (Lipinski definition) is 1. The van der Waals surface area contributed by atoms with Crippen molar-refractivity contribution in [1.29, 1.82) is 0 Å². The van der Waals surface area contributed by atoms with Crippen molar-refractivity contribution in [3.63, 3.8) is 0 Å². The van der Waals surface area contributed by atoms with Gasteiger partial charge in [0.15, 0.2) is 0 Å². The minimum atomic E-state index is -0.196. The number of rotatable bonds is 8. The van der Waals surface area contributed by atoms with Crippen molar-refractivity contribution in [2.45, 2.75) is 13.8 Å². The summed E-state index contributed by atoms with van der Waals surface area (Å²) in [7, 11) is 1.78. The number of aromatic nitrogens is 2. The highest BCUT2D eigenvalue weighted by Gasteiger charge is 2.11. The average molecular weight is 316 g/mol. The molecule has 1 heterocycles. The highest BCUT2D eigenvalue weighted by atomic mass is 16.5. The number of likely N-dealkylation sites (N-methyl/N-ethyl adjacent to an activating group) is 1. The quantitative estimate of drug-likeness (QED) is 0.812. The maximum absolute atomic E-state index is 12.2. The number of benzene rings is 1. The number of ether oxygens (including phenoxy) is 1. The van der Waals surface area contributed by atoms with E-state index in [0.29, 0.717) is 23.6 Å².